The molecule has 0 spiro atoms. The van der Waals surface area contributed by atoms with Gasteiger partial charge in [-0.2, -0.15) is 0 Å². The Labute approximate surface area is 129 Å². The third kappa shape index (κ3) is 5.68. The van der Waals surface area contributed by atoms with Gasteiger partial charge in [0, 0.05) is 18.5 Å². The highest BCUT2D eigenvalue weighted by atomic mass is 16.2. The molecule has 0 aromatic heterocycles. The summed E-state index contributed by atoms with van der Waals surface area (Å²) in [4.78, 5) is 25.4. The van der Waals surface area contributed by atoms with E-state index in [2.05, 4.69) is 26.1 Å². The summed E-state index contributed by atoms with van der Waals surface area (Å²) in [5, 5.41) is 2.48. The molecule has 1 atom stereocenters. The van der Waals surface area contributed by atoms with Crippen LogP contribution in [-0.4, -0.2) is 28.9 Å². The van der Waals surface area contributed by atoms with E-state index in [1.54, 1.807) is 0 Å². The van der Waals surface area contributed by atoms with E-state index >= 15 is 0 Å². The Morgan fingerprint density at radius 1 is 1.00 bits per heavy atom. The summed E-state index contributed by atoms with van der Waals surface area (Å²) in [7, 11) is 0. The third-order valence-corrected chi connectivity index (χ3v) is 4.59. The highest BCUT2D eigenvalue weighted by Crippen LogP contribution is 2.30. The average molecular weight is 296 g/mol. The first-order valence-electron chi connectivity index (χ1n) is 8.65. The van der Waals surface area contributed by atoms with Gasteiger partial charge in [-0.15, -0.1) is 0 Å². The molecule has 0 aliphatic carbocycles. The van der Waals surface area contributed by atoms with Crippen molar-refractivity contribution in [3.63, 3.8) is 0 Å². The predicted molar refractivity (Wildman–Crippen MR) is 86.2 cm³/mol. The number of nitrogens with one attached hydrogen (secondary N) is 1. The molecule has 4 heteroatoms. The number of unbranched alkanes of at least 4 members (excludes halogenated alkanes) is 5. The monoisotopic (exact) mass is 296 g/mol. The van der Waals surface area contributed by atoms with Gasteiger partial charge >= 0.3 is 6.03 Å². The van der Waals surface area contributed by atoms with Gasteiger partial charge in [-0.05, 0) is 19.8 Å². The summed E-state index contributed by atoms with van der Waals surface area (Å²) in [6.07, 6.45) is 10.9. The van der Waals surface area contributed by atoms with Gasteiger partial charge in [0.2, 0.25) is 5.91 Å². The van der Waals surface area contributed by atoms with Crippen molar-refractivity contribution < 1.29 is 9.59 Å². The van der Waals surface area contributed by atoms with Crippen molar-refractivity contribution >= 4 is 11.9 Å². The quantitative estimate of drug-likeness (QED) is 0.613. The summed E-state index contributed by atoms with van der Waals surface area (Å²) >= 11 is 0. The molecule has 1 aliphatic rings. The molecule has 1 saturated heterocycles. The van der Waals surface area contributed by atoms with Gasteiger partial charge in [-0.25, -0.2) is 4.79 Å². The first kappa shape index (κ1) is 18.0. The van der Waals surface area contributed by atoms with E-state index in [9.17, 15) is 9.59 Å². The number of carbonyl (C=O) groups is 2. The van der Waals surface area contributed by atoms with Gasteiger partial charge in [-0.3, -0.25) is 10.1 Å². The molecule has 1 unspecified atom stereocenters. The number of imide groups is 1. The van der Waals surface area contributed by atoms with Crippen molar-refractivity contribution in [3.8, 4) is 0 Å². The third-order valence-electron chi connectivity index (χ3n) is 4.59. The zero-order valence-corrected chi connectivity index (χ0v) is 14.0. The topological polar surface area (TPSA) is 49.4 Å². The SMILES string of the molecule is CCCCCCC(C)(CCCCC)N1CCC(=O)NC1=O. The van der Waals surface area contributed by atoms with Crippen molar-refractivity contribution in [2.45, 2.75) is 90.5 Å². The Kier molecular flexibility index (Phi) is 7.76. The van der Waals surface area contributed by atoms with Crippen LogP contribution in [0.25, 0.3) is 0 Å². The van der Waals surface area contributed by atoms with Crippen molar-refractivity contribution in [2.75, 3.05) is 6.54 Å². The molecule has 1 N–H and O–H groups in total. The fraction of sp³-hybridized carbons (Fsp3) is 0.882. The molecular weight excluding hydrogens is 264 g/mol. The van der Waals surface area contributed by atoms with E-state index in [0.717, 1.165) is 25.7 Å². The van der Waals surface area contributed by atoms with Crippen LogP contribution >= 0.6 is 0 Å². The van der Waals surface area contributed by atoms with E-state index in [4.69, 9.17) is 0 Å². The lowest BCUT2D eigenvalue weighted by molar-refractivity contribution is -0.122. The Morgan fingerprint density at radius 2 is 1.57 bits per heavy atom. The lowest BCUT2D eigenvalue weighted by atomic mass is 9.86. The minimum Gasteiger partial charge on any atom is -0.319 e. The Bertz CT molecular complexity index is 344. The average Bonchev–Trinajstić information content (AvgIpc) is 2.44. The lowest BCUT2D eigenvalue weighted by Crippen LogP contribution is -2.58. The smallest absolute Gasteiger partial charge is 0.319 e. The maximum atomic E-state index is 12.2. The second kappa shape index (κ2) is 9.06. The second-order valence-corrected chi connectivity index (χ2v) is 6.52. The fourth-order valence-electron chi connectivity index (χ4n) is 3.16. The summed E-state index contributed by atoms with van der Waals surface area (Å²) in [5.74, 6) is -0.141. The van der Waals surface area contributed by atoms with E-state index in [1.165, 1.54) is 32.1 Å². The van der Waals surface area contributed by atoms with E-state index in [1.807, 2.05) is 4.90 Å². The van der Waals surface area contributed by atoms with Crippen LogP contribution in [0.15, 0.2) is 0 Å². The van der Waals surface area contributed by atoms with Crippen LogP contribution in [0.1, 0.15) is 85.0 Å². The van der Waals surface area contributed by atoms with Crippen molar-refractivity contribution in [3.05, 3.63) is 0 Å². The molecular formula is C17H32N2O2. The van der Waals surface area contributed by atoms with Gasteiger partial charge in [0.05, 0.1) is 0 Å². The molecule has 0 aromatic carbocycles. The summed E-state index contributed by atoms with van der Waals surface area (Å²) < 4.78 is 0. The number of rotatable bonds is 10. The van der Waals surface area contributed by atoms with Crippen molar-refractivity contribution in [2.24, 2.45) is 0 Å². The Morgan fingerprint density at radius 3 is 2.14 bits per heavy atom. The molecule has 3 amide bonds. The van der Waals surface area contributed by atoms with Crippen molar-refractivity contribution in [1.82, 2.24) is 10.2 Å². The standard InChI is InChI=1S/C17H32N2O2/c1-4-6-8-10-13-17(3,12-9-7-5-2)19-14-11-15(20)18-16(19)21/h4-14H2,1-3H3,(H,18,20,21). The van der Waals surface area contributed by atoms with Crippen LogP contribution in [0.5, 0.6) is 0 Å². The minimum atomic E-state index is -0.194. The van der Waals surface area contributed by atoms with Gasteiger partial charge in [0.15, 0.2) is 0 Å². The molecule has 1 rings (SSSR count). The first-order chi connectivity index (χ1) is 10.0. The van der Waals surface area contributed by atoms with Crippen LogP contribution in [0.3, 0.4) is 0 Å². The number of hydrogen-bond acceptors (Lipinski definition) is 2. The number of carbonyl (C=O) groups excluding carboxylic acids is 2. The zero-order valence-electron chi connectivity index (χ0n) is 14.0. The van der Waals surface area contributed by atoms with Crippen LogP contribution in [0.2, 0.25) is 0 Å². The number of urea groups is 1. The largest absolute Gasteiger partial charge is 0.324 e. The molecule has 0 saturated carbocycles. The number of nitrogens with zero attached hydrogens (tertiary/aromatic N) is 1. The van der Waals surface area contributed by atoms with Crippen LogP contribution < -0.4 is 5.32 Å². The highest BCUT2D eigenvalue weighted by Gasteiger charge is 2.37. The predicted octanol–water partition coefficient (Wildman–Crippen LogP) is 4.24. The molecule has 0 radical (unpaired) electrons. The lowest BCUT2D eigenvalue weighted by Gasteiger charge is -2.43. The van der Waals surface area contributed by atoms with Gasteiger partial charge in [0.25, 0.3) is 0 Å². The van der Waals surface area contributed by atoms with Gasteiger partial charge < -0.3 is 4.90 Å². The fourth-order valence-corrected chi connectivity index (χ4v) is 3.16. The Hall–Kier alpha value is -1.06. The number of hydrogen-bond donors (Lipinski definition) is 1. The second-order valence-electron chi connectivity index (χ2n) is 6.52. The highest BCUT2D eigenvalue weighted by molar-refractivity contribution is 5.96. The maximum absolute atomic E-state index is 12.2. The maximum Gasteiger partial charge on any atom is 0.324 e. The van der Waals surface area contributed by atoms with Crippen LogP contribution in [0, 0.1) is 0 Å². The molecule has 21 heavy (non-hydrogen) atoms. The molecule has 1 fully saturated rings. The Balaban J connectivity index is 2.64. The molecule has 122 valence electrons. The molecule has 4 nitrogen and oxygen atoms in total. The molecule has 0 bridgehead atoms. The van der Waals surface area contributed by atoms with E-state index in [-0.39, 0.29) is 17.5 Å². The van der Waals surface area contributed by atoms with Crippen molar-refractivity contribution in [1.29, 1.82) is 0 Å². The normalized spacial score (nSPS) is 18.5. The summed E-state index contributed by atoms with van der Waals surface area (Å²) in [6, 6.07) is -0.194. The van der Waals surface area contributed by atoms with Gasteiger partial charge in [0.1, 0.15) is 0 Å². The molecule has 1 aliphatic heterocycles. The van der Waals surface area contributed by atoms with Gasteiger partial charge in [-0.1, -0.05) is 58.8 Å². The number of amides is 3. The van der Waals surface area contributed by atoms with Crippen LogP contribution in [0.4, 0.5) is 4.79 Å². The minimum absolute atomic E-state index is 0.103. The molecule has 0 aromatic rings. The zero-order chi connectivity index (χ0) is 15.7. The molecule has 1 heterocycles. The van der Waals surface area contributed by atoms with E-state index < -0.39 is 0 Å². The first-order valence-corrected chi connectivity index (χ1v) is 8.65. The van der Waals surface area contributed by atoms with E-state index in [0.29, 0.717) is 13.0 Å². The van der Waals surface area contributed by atoms with Crippen LogP contribution in [-0.2, 0) is 4.79 Å². The summed E-state index contributed by atoms with van der Waals surface area (Å²) in [5.41, 5.74) is -0.103. The summed E-state index contributed by atoms with van der Waals surface area (Å²) in [6.45, 7) is 7.18.